The Hall–Kier alpha value is -1.92. The smallest absolute Gasteiger partial charge is 0.282 e. The van der Waals surface area contributed by atoms with E-state index in [0.717, 1.165) is 0 Å². The maximum atomic E-state index is 13.0. The lowest BCUT2D eigenvalue weighted by atomic mass is 10.2. The van der Waals surface area contributed by atoms with Gasteiger partial charge in [-0.15, -0.1) is 0 Å². The third-order valence-corrected chi connectivity index (χ3v) is 7.39. The first kappa shape index (κ1) is 23.7. The standard InChI is InChI=1S/C20H32N4O6S/c1-15-12-24(13-16(2)30-15)31(26,27)23-9-7-22(8-10-23)14-20(25)21-18-11-17(28-3)5-6-19(18)29-4/h5-6,11,15-16H,7-10,12-14H2,1-4H3,(H,21,25). The third-order valence-electron chi connectivity index (χ3n) is 5.42. The maximum Gasteiger partial charge on any atom is 0.282 e. The fraction of sp³-hybridized carbons (Fsp3) is 0.650. The number of hydrogen-bond donors (Lipinski definition) is 1. The van der Waals surface area contributed by atoms with Crippen molar-refractivity contribution >= 4 is 21.8 Å². The summed E-state index contributed by atoms with van der Waals surface area (Å²) in [5.41, 5.74) is 0.531. The molecule has 0 aromatic heterocycles. The summed E-state index contributed by atoms with van der Waals surface area (Å²) >= 11 is 0. The Morgan fingerprint density at radius 2 is 1.71 bits per heavy atom. The predicted octanol–water partition coefficient (Wildman–Crippen LogP) is 0.614. The summed E-state index contributed by atoms with van der Waals surface area (Å²) in [5.74, 6) is 0.958. The van der Waals surface area contributed by atoms with Crippen LogP contribution in [-0.4, -0.2) is 100 Å². The van der Waals surface area contributed by atoms with Gasteiger partial charge in [-0.2, -0.15) is 17.0 Å². The van der Waals surface area contributed by atoms with Gasteiger partial charge in [-0.25, -0.2) is 0 Å². The average molecular weight is 457 g/mol. The molecule has 11 heteroatoms. The van der Waals surface area contributed by atoms with E-state index in [1.165, 1.54) is 15.7 Å². The van der Waals surface area contributed by atoms with Crippen molar-refractivity contribution in [2.45, 2.75) is 26.1 Å². The van der Waals surface area contributed by atoms with Crippen LogP contribution in [0.4, 0.5) is 5.69 Å². The molecule has 2 saturated heterocycles. The van der Waals surface area contributed by atoms with E-state index in [2.05, 4.69) is 5.32 Å². The fourth-order valence-corrected chi connectivity index (χ4v) is 5.65. The number of benzene rings is 1. The summed E-state index contributed by atoms with van der Waals surface area (Å²) < 4.78 is 45.1. The highest BCUT2D eigenvalue weighted by atomic mass is 32.2. The number of carbonyl (C=O) groups is 1. The number of hydrogen-bond acceptors (Lipinski definition) is 7. The minimum Gasteiger partial charge on any atom is -0.497 e. The van der Waals surface area contributed by atoms with Crippen molar-refractivity contribution < 1.29 is 27.4 Å². The van der Waals surface area contributed by atoms with E-state index in [-0.39, 0.29) is 24.7 Å². The number of methoxy groups -OCH3 is 2. The Kier molecular flexibility index (Phi) is 7.76. The summed E-state index contributed by atoms with van der Waals surface area (Å²) in [6.45, 7) is 6.30. The maximum absolute atomic E-state index is 13.0. The van der Waals surface area contributed by atoms with E-state index in [1.54, 1.807) is 25.3 Å². The molecule has 1 aromatic carbocycles. The quantitative estimate of drug-likeness (QED) is 0.642. The SMILES string of the molecule is COc1ccc(OC)c(NC(=O)CN2CCN(S(=O)(=O)N3CC(C)OC(C)C3)CC2)c1. The molecule has 0 bridgehead atoms. The third kappa shape index (κ3) is 5.86. The predicted molar refractivity (Wildman–Crippen MR) is 117 cm³/mol. The molecule has 2 heterocycles. The van der Waals surface area contributed by atoms with Crippen LogP contribution in [0.5, 0.6) is 11.5 Å². The Balaban J connectivity index is 1.54. The molecule has 10 nitrogen and oxygen atoms in total. The van der Waals surface area contributed by atoms with Crippen molar-refractivity contribution in [3.63, 3.8) is 0 Å². The Bertz CT molecular complexity index is 862. The van der Waals surface area contributed by atoms with Crippen LogP contribution in [0.2, 0.25) is 0 Å². The zero-order chi connectivity index (χ0) is 22.6. The second-order valence-electron chi connectivity index (χ2n) is 7.87. The van der Waals surface area contributed by atoms with Gasteiger partial charge in [0, 0.05) is 45.3 Å². The summed E-state index contributed by atoms with van der Waals surface area (Å²) in [6.07, 6.45) is -0.255. The van der Waals surface area contributed by atoms with E-state index in [0.29, 0.717) is 56.5 Å². The van der Waals surface area contributed by atoms with Crippen molar-refractivity contribution in [3.05, 3.63) is 18.2 Å². The largest absolute Gasteiger partial charge is 0.497 e. The van der Waals surface area contributed by atoms with Gasteiger partial charge in [-0.3, -0.25) is 9.69 Å². The van der Waals surface area contributed by atoms with Crippen LogP contribution in [-0.2, 0) is 19.7 Å². The van der Waals surface area contributed by atoms with E-state index in [9.17, 15) is 13.2 Å². The van der Waals surface area contributed by atoms with E-state index >= 15 is 0 Å². The van der Waals surface area contributed by atoms with Gasteiger partial charge >= 0.3 is 0 Å². The highest BCUT2D eigenvalue weighted by Gasteiger charge is 2.36. The molecule has 2 aliphatic heterocycles. The molecule has 1 aromatic rings. The lowest BCUT2D eigenvalue weighted by Gasteiger charge is -2.40. The number of amides is 1. The number of anilines is 1. The molecule has 2 unspecified atom stereocenters. The summed E-state index contributed by atoms with van der Waals surface area (Å²) in [7, 11) is -0.450. The molecule has 3 rings (SSSR count). The second kappa shape index (κ2) is 10.1. The lowest BCUT2D eigenvalue weighted by Crippen LogP contribution is -2.57. The zero-order valence-corrected chi connectivity index (χ0v) is 19.4. The molecule has 174 valence electrons. The van der Waals surface area contributed by atoms with Gasteiger partial charge in [-0.1, -0.05) is 0 Å². The zero-order valence-electron chi connectivity index (χ0n) is 18.5. The topological polar surface area (TPSA) is 101 Å². The van der Waals surface area contributed by atoms with Gasteiger partial charge in [0.1, 0.15) is 11.5 Å². The molecule has 0 spiro atoms. The van der Waals surface area contributed by atoms with Crippen molar-refractivity contribution in [3.8, 4) is 11.5 Å². The fourth-order valence-electron chi connectivity index (χ4n) is 3.91. The molecule has 2 fully saturated rings. The molecule has 31 heavy (non-hydrogen) atoms. The van der Waals surface area contributed by atoms with Crippen molar-refractivity contribution in [1.82, 2.24) is 13.5 Å². The highest BCUT2D eigenvalue weighted by Crippen LogP contribution is 2.29. The second-order valence-corrected chi connectivity index (χ2v) is 9.80. The normalized spacial score (nSPS) is 24.0. The molecule has 2 atom stereocenters. The van der Waals surface area contributed by atoms with Gasteiger partial charge in [0.15, 0.2) is 0 Å². The average Bonchev–Trinajstić information content (AvgIpc) is 2.73. The lowest BCUT2D eigenvalue weighted by molar-refractivity contribution is -0.117. The van der Waals surface area contributed by atoms with Crippen LogP contribution in [0.3, 0.4) is 0 Å². The number of piperazine rings is 1. The van der Waals surface area contributed by atoms with Crippen LogP contribution in [0, 0.1) is 0 Å². The number of nitrogens with one attached hydrogen (secondary N) is 1. The van der Waals surface area contributed by atoms with Crippen LogP contribution < -0.4 is 14.8 Å². The van der Waals surface area contributed by atoms with Gasteiger partial charge in [0.05, 0.1) is 38.7 Å². The highest BCUT2D eigenvalue weighted by molar-refractivity contribution is 7.86. The van der Waals surface area contributed by atoms with Crippen LogP contribution in [0.25, 0.3) is 0 Å². The first-order valence-electron chi connectivity index (χ1n) is 10.4. The van der Waals surface area contributed by atoms with Gasteiger partial charge in [-0.05, 0) is 26.0 Å². The van der Waals surface area contributed by atoms with E-state index in [1.807, 2.05) is 18.7 Å². The number of ether oxygens (including phenoxy) is 3. The summed E-state index contributed by atoms with van der Waals surface area (Å²) in [4.78, 5) is 14.5. The first-order chi connectivity index (χ1) is 14.7. The van der Waals surface area contributed by atoms with Gasteiger partial charge < -0.3 is 19.5 Å². The molecular weight excluding hydrogens is 424 g/mol. The van der Waals surface area contributed by atoms with E-state index < -0.39 is 10.2 Å². The molecule has 0 aliphatic carbocycles. The van der Waals surface area contributed by atoms with Crippen molar-refractivity contribution in [2.24, 2.45) is 0 Å². The minimum absolute atomic E-state index is 0.128. The van der Waals surface area contributed by atoms with E-state index in [4.69, 9.17) is 14.2 Å². The van der Waals surface area contributed by atoms with Gasteiger partial charge in [0.25, 0.3) is 10.2 Å². The Labute approximate surface area is 184 Å². The van der Waals surface area contributed by atoms with Crippen LogP contribution in [0.1, 0.15) is 13.8 Å². The van der Waals surface area contributed by atoms with Crippen molar-refractivity contribution in [2.75, 3.05) is 65.3 Å². The monoisotopic (exact) mass is 456 g/mol. The van der Waals surface area contributed by atoms with Crippen molar-refractivity contribution in [1.29, 1.82) is 0 Å². The molecule has 1 N–H and O–H groups in total. The first-order valence-corrected chi connectivity index (χ1v) is 11.8. The Morgan fingerprint density at radius 1 is 1.06 bits per heavy atom. The number of morpholine rings is 1. The van der Waals surface area contributed by atoms with Gasteiger partial charge in [0.2, 0.25) is 5.91 Å². The molecule has 0 radical (unpaired) electrons. The summed E-state index contributed by atoms with van der Waals surface area (Å²) in [6, 6.07) is 5.18. The molecule has 1 amide bonds. The number of rotatable bonds is 7. The summed E-state index contributed by atoms with van der Waals surface area (Å²) in [5, 5.41) is 2.85. The number of carbonyl (C=O) groups excluding carboxylic acids is 1. The molecule has 2 aliphatic rings. The molecular formula is C20H32N4O6S. The van der Waals surface area contributed by atoms with Crippen LogP contribution in [0.15, 0.2) is 18.2 Å². The minimum atomic E-state index is -3.54. The number of nitrogens with zero attached hydrogens (tertiary/aromatic N) is 3. The molecule has 0 saturated carbocycles. The van der Waals surface area contributed by atoms with Crippen LogP contribution >= 0.6 is 0 Å². The Morgan fingerprint density at radius 3 is 2.29 bits per heavy atom.